The number of aromatic nitrogens is 6. The number of rotatable bonds is 8. The van der Waals surface area contributed by atoms with Gasteiger partial charge in [0.2, 0.25) is 0 Å². The van der Waals surface area contributed by atoms with Gasteiger partial charge < -0.3 is 18.9 Å². The van der Waals surface area contributed by atoms with E-state index in [9.17, 15) is 0 Å². The average Bonchev–Trinajstić information content (AvgIpc) is 3.59. The lowest BCUT2D eigenvalue weighted by molar-refractivity contribution is -0.271. The van der Waals surface area contributed by atoms with E-state index in [-0.39, 0.29) is 0 Å². The van der Waals surface area contributed by atoms with Crippen LogP contribution in [0.25, 0.3) is 0 Å². The first-order valence-corrected chi connectivity index (χ1v) is 10.4. The van der Waals surface area contributed by atoms with Crippen LogP contribution in [-0.2, 0) is 9.47 Å². The molecule has 0 unspecified atom stereocenters. The van der Waals surface area contributed by atoms with Crippen molar-refractivity contribution in [2.75, 3.05) is 13.2 Å². The lowest BCUT2D eigenvalue weighted by Crippen LogP contribution is -2.45. The topological polar surface area (TPSA) is 123 Å². The highest BCUT2D eigenvalue weighted by Crippen LogP contribution is 2.22. The van der Waals surface area contributed by atoms with Crippen molar-refractivity contribution in [2.24, 2.45) is 10.2 Å². The van der Waals surface area contributed by atoms with Crippen molar-refractivity contribution in [3.8, 4) is 11.5 Å². The zero-order chi connectivity index (χ0) is 23.0. The zero-order valence-corrected chi connectivity index (χ0v) is 17.9. The molecule has 0 bridgehead atoms. The number of hydrogen-bond acceptors (Lipinski definition) is 10. The Hall–Kier alpha value is -4.42. The third kappa shape index (κ3) is 5.68. The lowest BCUT2D eigenvalue weighted by atomic mass is 10.2. The highest BCUT2D eigenvalue weighted by Gasteiger charge is 2.31. The summed E-state index contributed by atoms with van der Waals surface area (Å²) in [4.78, 5) is 0. The van der Waals surface area contributed by atoms with Gasteiger partial charge in [0.25, 0.3) is 12.6 Å². The summed E-state index contributed by atoms with van der Waals surface area (Å²) in [6, 6.07) is 14.8. The van der Waals surface area contributed by atoms with Gasteiger partial charge in [0, 0.05) is 0 Å². The van der Waals surface area contributed by atoms with Gasteiger partial charge in [0.15, 0.2) is 0 Å². The minimum atomic E-state index is -0.722. The maximum Gasteiger partial charge on any atom is 0.263 e. The van der Waals surface area contributed by atoms with E-state index in [1.54, 1.807) is 12.4 Å². The van der Waals surface area contributed by atoms with E-state index in [4.69, 9.17) is 18.9 Å². The Balaban J connectivity index is 1.19. The van der Waals surface area contributed by atoms with Gasteiger partial charge in [-0.3, -0.25) is 0 Å². The fourth-order valence-electron chi connectivity index (χ4n) is 2.97. The molecule has 3 heterocycles. The summed E-state index contributed by atoms with van der Waals surface area (Å²) < 4.78 is 26.5. The molecule has 34 heavy (non-hydrogen) atoms. The number of hydrogen-bond donors (Lipinski definition) is 0. The van der Waals surface area contributed by atoms with Gasteiger partial charge in [-0.1, -0.05) is 0 Å². The number of ether oxygens (including phenoxy) is 4. The minimum Gasteiger partial charge on any atom is -0.458 e. The van der Waals surface area contributed by atoms with Crippen LogP contribution in [0.3, 0.4) is 0 Å². The van der Waals surface area contributed by atoms with Gasteiger partial charge in [0.1, 0.15) is 36.8 Å². The first kappa shape index (κ1) is 21.4. The van der Waals surface area contributed by atoms with E-state index < -0.39 is 12.6 Å². The van der Waals surface area contributed by atoms with Crippen LogP contribution in [0.2, 0.25) is 0 Å². The Bertz CT molecular complexity index is 1110. The van der Waals surface area contributed by atoms with Crippen LogP contribution in [0, 0.1) is 0 Å². The van der Waals surface area contributed by atoms with E-state index in [1.165, 1.54) is 34.7 Å². The maximum absolute atomic E-state index is 5.97. The molecule has 0 N–H and O–H groups in total. The minimum absolute atomic E-state index is 0.409. The summed E-state index contributed by atoms with van der Waals surface area (Å²) in [7, 11) is 0. The smallest absolute Gasteiger partial charge is 0.263 e. The van der Waals surface area contributed by atoms with Crippen LogP contribution in [0.5, 0.6) is 11.5 Å². The second-order valence-corrected chi connectivity index (χ2v) is 7.03. The SMILES string of the molecule is C(=N/n1cnnc1)/c1ccc(O[C@@H]2OCCO[C@H]2Oc2ccc(/C=N\n3cnnc3)cc2)cc1. The summed E-state index contributed by atoms with van der Waals surface area (Å²) >= 11 is 0. The largest absolute Gasteiger partial charge is 0.458 e. The standard InChI is InChI=1S/C22H20N8O4/c1-5-19(6-2-17(1)11-27-29-13-23-24-14-29)33-21-22(32-10-9-31-21)34-20-7-3-18(4-8-20)12-28-30-15-25-26-16-30/h1-8,11-16,21-22H,9-10H2/b27-11-,28-12-/t21-,22-/m0/s1. The highest BCUT2D eigenvalue weighted by atomic mass is 16.8. The molecule has 12 nitrogen and oxygen atoms in total. The second-order valence-electron chi connectivity index (χ2n) is 7.03. The first-order valence-electron chi connectivity index (χ1n) is 10.4. The van der Waals surface area contributed by atoms with Crippen LogP contribution in [0.15, 0.2) is 84.0 Å². The summed E-state index contributed by atoms with van der Waals surface area (Å²) in [6.07, 6.45) is 7.98. The fraction of sp³-hybridized carbons (Fsp3) is 0.182. The van der Waals surface area contributed by atoms with Gasteiger partial charge in [-0.2, -0.15) is 10.2 Å². The second kappa shape index (κ2) is 10.5. The van der Waals surface area contributed by atoms with E-state index in [0.717, 1.165) is 11.1 Å². The van der Waals surface area contributed by atoms with Crippen molar-refractivity contribution in [1.29, 1.82) is 0 Å². The average molecular weight is 460 g/mol. The fourth-order valence-corrected chi connectivity index (χ4v) is 2.97. The van der Waals surface area contributed by atoms with Crippen molar-refractivity contribution >= 4 is 12.4 Å². The zero-order valence-electron chi connectivity index (χ0n) is 17.9. The van der Waals surface area contributed by atoms with Crippen molar-refractivity contribution in [3.05, 3.63) is 85.0 Å². The molecule has 1 aliphatic rings. The van der Waals surface area contributed by atoms with Crippen molar-refractivity contribution < 1.29 is 18.9 Å². The molecule has 2 aromatic carbocycles. The molecule has 1 fully saturated rings. The molecule has 0 amide bonds. The van der Waals surface area contributed by atoms with Crippen LogP contribution in [0.4, 0.5) is 0 Å². The molecular formula is C22H20N8O4. The molecule has 1 saturated heterocycles. The predicted molar refractivity (Wildman–Crippen MR) is 120 cm³/mol. The Morgan fingerprint density at radius 1 is 0.647 bits per heavy atom. The van der Waals surface area contributed by atoms with Gasteiger partial charge in [-0.15, -0.1) is 20.4 Å². The Kier molecular flexibility index (Phi) is 6.59. The summed E-state index contributed by atoms with van der Waals surface area (Å²) in [6.45, 7) is 0.819. The summed E-state index contributed by atoms with van der Waals surface area (Å²) in [5, 5.41) is 23.2. The number of nitrogens with zero attached hydrogens (tertiary/aromatic N) is 8. The first-order chi connectivity index (χ1) is 16.8. The highest BCUT2D eigenvalue weighted by molar-refractivity contribution is 5.80. The molecular weight excluding hydrogens is 440 g/mol. The lowest BCUT2D eigenvalue weighted by Gasteiger charge is -2.31. The van der Waals surface area contributed by atoms with Gasteiger partial charge >= 0.3 is 0 Å². The van der Waals surface area contributed by atoms with Gasteiger partial charge in [-0.25, -0.2) is 9.35 Å². The monoisotopic (exact) mass is 460 g/mol. The van der Waals surface area contributed by atoms with E-state index >= 15 is 0 Å². The molecule has 5 rings (SSSR count). The molecule has 2 atom stereocenters. The Morgan fingerprint density at radius 2 is 1.03 bits per heavy atom. The summed E-state index contributed by atoms with van der Waals surface area (Å²) in [5.41, 5.74) is 1.78. The molecule has 172 valence electrons. The Labute approximate surface area is 194 Å². The third-order valence-corrected chi connectivity index (χ3v) is 4.63. The molecule has 2 aromatic heterocycles. The molecule has 0 radical (unpaired) electrons. The molecule has 12 heteroatoms. The van der Waals surface area contributed by atoms with Crippen molar-refractivity contribution in [2.45, 2.75) is 12.6 Å². The van der Waals surface area contributed by atoms with Crippen LogP contribution < -0.4 is 9.47 Å². The Morgan fingerprint density at radius 3 is 1.41 bits per heavy atom. The predicted octanol–water partition coefficient (Wildman–Crippen LogP) is 1.79. The maximum atomic E-state index is 5.97. The molecule has 4 aromatic rings. The number of benzene rings is 2. The van der Waals surface area contributed by atoms with E-state index in [1.807, 2.05) is 48.5 Å². The molecule has 1 aliphatic heterocycles. The van der Waals surface area contributed by atoms with Crippen molar-refractivity contribution in [3.63, 3.8) is 0 Å². The molecule has 0 saturated carbocycles. The quantitative estimate of drug-likeness (QED) is 0.365. The third-order valence-electron chi connectivity index (χ3n) is 4.63. The van der Waals surface area contributed by atoms with Crippen LogP contribution in [-0.4, -0.2) is 68.0 Å². The van der Waals surface area contributed by atoms with Gasteiger partial charge in [0.05, 0.1) is 25.6 Å². The van der Waals surface area contributed by atoms with Crippen molar-refractivity contribution in [1.82, 2.24) is 29.7 Å². The molecule has 0 aliphatic carbocycles. The van der Waals surface area contributed by atoms with Gasteiger partial charge in [-0.05, 0) is 59.7 Å². The summed E-state index contributed by atoms with van der Waals surface area (Å²) in [5.74, 6) is 1.23. The van der Waals surface area contributed by atoms with E-state index in [2.05, 4.69) is 30.6 Å². The van der Waals surface area contributed by atoms with Crippen LogP contribution >= 0.6 is 0 Å². The normalized spacial score (nSPS) is 18.5. The van der Waals surface area contributed by atoms with E-state index in [0.29, 0.717) is 24.7 Å². The molecule has 0 spiro atoms. The van der Waals surface area contributed by atoms with Crippen LogP contribution in [0.1, 0.15) is 11.1 Å².